The molecule has 76 valence electrons. The molecule has 2 heterocycles. The van der Waals surface area contributed by atoms with E-state index >= 15 is 0 Å². The molecule has 2 rings (SSSR count). The summed E-state index contributed by atoms with van der Waals surface area (Å²) in [5.74, 6) is 1.14. The zero-order valence-corrected chi connectivity index (χ0v) is 8.30. The molecule has 0 amide bonds. The summed E-state index contributed by atoms with van der Waals surface area (Å²) >= 11 is 0. The summed E-state index contributed by atoms with van der Waals surface area (Å²) in [4.78, 5) is 18.9. The van der Waals surface area contributed by atoms with Crippen LogP contribution in [0.25, 0.3) is 11.5 Å². The van der Waals surface area contributed by atoms with E-state index in [2.05, 4.69) is 9.97 Å². The second-order valence-electron chi connectivity index (χ2n) is 3.25. The zero-order chi connectivity index (χ0) is 10.7. The van der Waals surface area contributed by atoms with E-state index in [0.29, 0.717) is 11.7 Å². The molecular weight excluding hydrogens is 192 g/mol. The van der Waals surface area contributed by atoms with E-state index in [-0.39, 0.29) is 12.2 Å². The largest absolute Gasteiger partial charge is 0.441 e. The van der Waals surface area contributed by atoms with E-state index in [1.54, 1.807) is 18.6 Å². The number of Topliss-reactive ketones (excluding diaryl/α,β-unsaturated/α-hetero) is 1. The van der Waals surface area contributed by atoms with Crippen molar-refractivity contribution in [2.75, 3.05) is 0 Å². The number of hydrogen-bond acceptors (Lipinski definition) is 4. The average molecular weight is 202 g/mol. The Morgan fingerprint density at radius 2 is 2.33 bits per heavy atom. The van der Waals surface area contributed by atoms with Crippen molar-refractivity contribution in [2.45, 2.75) is 13.3 Å². The molecule has 4 nitrogen and oxygen atoms in total. The predicted octanol–water partition coefficient (Wildman–Crippen LogP) is 1.87. The fourth-order valence-corrected chi connectivity index (χ4v) is 1.26. The van der Waals surface area contributed by atoms with Crippen LogP contribution in [0, 0.1) is 0 Å². The smallest absolute Gasteiger partial charge is 0.227 e. The maximum Gasteiger partial charge on any atom is 0.227 e. The molecule has 0 atom stereocenters. The van der Waals surface area contributed by atoms with E-state index in [1.807, 2.05) is 12.1 Å². The summed E-state index contributed by atoms with van der Waals surface area (Å²) in [5, 5.41) is 0. The molecule has 0 spiro atoms. The molecule has 0 aromatic carbocycles. The molecule has 0 aliphatic carbocycles. The molecule has 0 saturated heterocycles. The molecule has 0 unspecified atom stereocenters. The lowest BCUT2D eigenvalue weighted by Gasteiger charge is -1.92. The van der Waals surface area contributed by atoms with Crippen molar-refractivity contribution in [2.24, 2.45) is 0 Å². The van der Waals surface area contributed by atoms with Gasteiger partial charge in [-0.25, -0.2) is 4.98 Å². The fourth-order valence-electron chi connectivity index (χ4n) is 1.26. The molecule has 15 heavy (non-hydrogen) atoms. The number of rotatable bonds is 3. The highest BCUT2D eigenvalue weighted by atomic mass is 16.4. The van der Waals surface area contributed by atoms with Gasteiger partial charge in [-0.1, -0.05) is 0 Å². The van der Waals surface area contributed by atoms with Gasteiger partial charge in [0.15, 0.2) is 0 Å². The second-order valence-corrected chi connectivity index (χ2v) is 3.25. The first-order chi connectivity index (χ1) is 7.25. The number of carbonyl (C=O) groups excluding carboxylic acids is 1. The third kappa shape index (κ3) is 2.28. The number of nitrogens with zero attached hydrogens (tertiary/aromatic N) is 2. The highest BCUT2D eigenvalue weighted by Crippen LogP contribution is 2.17. The second kappa shape index (κ2) is 4.04. The lowest BCUT2D eigenvalue weighted by molar-refractivity contribution is -0.116. The van der Waals surface area contributed by atoms with Crippen LogP contribution in [0.1, 0.15) is 12.7 Å². The highest BCUT2D eigenvalue weighted by molar-refractivity contribution is 5.77. The van der Waals surface area contributed by atoms with Crippen molar-refractivity contribution in [1.82, 2.24) is 9.97 Å². The van der Waals surface area contributed by atoms with E-state index in [1.165, 1.54) is 6.92 Å². The van der Waals surface area contributed by atoms with Crippen LogP contribution in [-0.4, -0.2) is 15.8 Å². The normalized spacial score (nSPS) is 10.2. The molecule has 0 N–H and O–H groups in total. The van der Waals surface area contributed by atoms with Crippen LogP contribution in [-0.2, 0) is 11.2 Å². The van der Waals surface area contributed by atoms with E-state index in [9.17, 15) is 4.79 Å². The van der Waals surface area contributed by atoms with Gasteiger partial charge in [-0.15, -0.1) is 0 Å². The minimum atomic E-state index is 0.0592. The summed E-state index contributed by atoms with van der Waals surface area (Å²) in [7, 11) is 0. The van der Waals surface area contributed by atoms with Crippen molar-refractivity contribution < 1.29 is 9.21 Å². The van der Waals surface area contributed by atoms with Gasteiger partial charge in [0.1, 0.15) is 11.5 Å². The van der Waals surface area contributed by atoms with Gasteiger partial charge >= 0.3 is 0 Å². The molecule has 4 heteroatoms. The Morgan fingerprint density at radius 1 is 1.47 bits per heavy atom. The van der Waals surface area contributed by atoms with Crippen LogP contribution in [0.3, 0.4) is 0 Å². The van der Waals surface area contributed by atoms with Crippen LogP contribution in [0.5, 0.6) is 0 Å². The van der Waals surface area contributed by atoms with Crippen molar-refractivity contribution in [3.05, 3.63) is 36.5 Å². The summed E-state index contributed by atoms with van der Waals surface area (Å²) in [6.45, 7) is 1.52. The molecule has 0 aliphatic rings. The molecule has 0 aliphatic heterocycles. The minimum Gasteiger partial charge on any atom is -0.441 e. The quantitative estimate of drug-likeness (QED) is 0.762. The number of pyridine rings is 1. The standard InChI is InChI=1S/C11H10N2O2/c1-8(14)5-10-7-13-11(15-10)9-3-2-4-12-6-9/h2-4,6-7H,5H2,1H3. The van der Waals surface area contributed by atoms with Gasteiger partial charge in [-0.3, -0.25) is 9.78 Å². The zero-order valence-electron chi connectivity index (χ0n) is 8.30. The van der Waals surface area contributed by atoms with Crippen LogP contribution in [0.2, 0.25) is 0 Å². The number of hydrogen-bond donors (Lipinski definition) is 0. The third-order valence-electron chi connectivity index (χ3n) is 1.89. The van der Waals surface area contributed by atoms with E-state index < -0.39 is 0 Å². The SMILES string of the molecule is CC(=O)Cc1cnc(-c2cccnc2)o1. The van der Waals surface area contributed by atoms with Crippen molar-refractivity contribution in [3.8, 4) is 11.5 Å². The van der Waals surface area contributed by atoms with Gasteiger partial charge in [-0.05, 0) is 19.1 Å². The van der Waals surface area contributed by atoms with Gasteiger partial charge in [0.05, 0.1) is 18.2 Å². The molecular formula is C11H10N2O2. The number of aromatic nitrogens is 2. The lowest BCUT2D eigenvalue weighted by atomic mass is 10.3. The molecule has 0 fully saturated rings. The monoisotopic (exact) mass is 202 g/mol. The molecule has 0 bridgehead atoms. The first kappa shape index (κ1) is 9.58. The molecule has 2 aromatic heterocycles. The Balaban J connectivity index is 2.24. The van der Waals surface area contributed by atoms with Crippen LogP contribution < -0.4 is 0 Å². The molecule has 0 saturated carbocycles. The van der Waals surface area contributed by atoms with Gasteiger partial charge in [0.2, 0.25) is 5.89 Å². The van der Waals surface area contributed by atoms with Crippen molar-refractivity contribution in [3.63, 3.8) is 0 Å². The van der Waals surface area contributed by atoms with Crippen molar-refractivity contribution in [1.29, 1.82) is 0 Å². The molecule has 2 aromatic rings. The van der Waals surface area contributed by atoms with E-state index in [0.717, 1.165) is 5.56 Å². The summed E-state index contributed by atoms with van der Waals surface area (Å²) in [6, 6.07) is 3.67. The third-order valence-corrected chi connectivity index (χ3v) is 1.89. The average Bonchev–Trinajstić information content (AvgIpc) is 2.67. The lowest BCUT2D eigenvalue weighted by Crippen LogP contribution is -1.93. The maximum atomic E-state index is 10.9. The van der Waals surface area contributed by atoms with Gasteiger partial charge < -0.3 is 4.42 Å². The first-order valence-electron chi connectivity index (χ1n) is 4.60. The Bertz CT molecular complexity index is 462. The summed E-state index contributed by atoms with van der Waals surface area (Å²) < 4.78 is 5.41. The molecule has 0 radical (unpaired) electrons. The Labute approximate surface area is 87.0 Å². The van der Waals surface area contributed by atoms with E-state index in [4.69, 9.17) is 4.42 Å². The van der Waals surface area contributed by atoms with Gasteiger partial charge in [0, 0.05) is 12.4 Å². The predicted molar refractivity (Wildman–Crippen MR) is 54.1 cm³/mol. The summed E-state index contributed by atoms with van der Waals surface area (Å²) in [6.07, 6.45) is 5.21. The number of oxazole rings is 1. The Morgan fingerprint density at radius 3 is 3.00 bits per heavy atom. The topological polar surface area (TPSA) is 56.0 Å². The Kier molecular flexibility index (Phi) is 2.58. The summed E-state index contributed by atoms with van der Waals surface area (Å²) in [5.41, 5.74) is 0.812. The van der Waals surface area contributed by atoms with Crippen molar-refractivity contribution >= 4 is 5.78 Å². The highest BCUT2D eigenvalue weighted by Gasteiger charge is 2.07. The van der Waals surface area contributed by atoms with Crippen LogP contribution in [0.15, 0.2) is 35.1 Å². The maximum absolute atomic E-state index is 10.9. The first-order valence-corrected chi connectivity index (χ1v) is 4.60. The van der Waals surface area contributed by atoms with Gasteiger partial charge in [0.25, 0.3) is 0 Å². The van der Waals surface area contributed by atoms with Crippen LogP contribution >= 0.6 is 0 Å². The fraction of sp³-hybridized carbons (Fsp3) is 0.182. The minimum absolute atomic E-state index is 0.0592. The number of ketones is 1. The Hall–Kier alpha value is -1.97. The van der Waals surface area contributed by atoms with Crippen LogP contribution in [0.4, 0.5) is 0 Å². The van der Waals surface area contributed by atoms with Gasteiger partial charge in [-0.2, -0.15) is 0 Å². The number of carbonyl (C=O) groups is 1.